The van der Waals surface area contributed by atoms with Crippen molar-refractivity contribution in [2.24, 2.45) is 5.92 Å². The van der Waals surface area contributed by atoms with Gasteiger partial charge in [-0.25, -0.2) is 9.97 Å². The van der Waals surface area contributed by atoms with Gasteiger partial charge >= 0.3 is 0 Å². The summed E-state index contributed by atoms with van der Waals surface area (Å²) >= 11 is 0. The van der Waals surface area contributed by atoms with E-state index in [-0.39, 0.29) is 6.10 Å². The van der Waals surface area contributed by atoms with E-state index in [9.17, 15) is 0 Å². The number of anilines is 1. The molecule has 0 fully saturated rings. The standard InChI is InChI=1S/C11H19N3O/c1-5-15-10(7(2)3)11-13-8(4)6-9(12)14-11/h6-7,10H,5H2,1-4H3,(H2,12,13,14). The van der Waals surface area contributed by atoms with Crippen molar-refractivity contribution in [2.45, 2.75) is 33.8 Å². The molecule has 1 unspecified atom stereocenters. The van der Waals surface area contributed by atoms with Crippen LogP contribution < -0.4 is 5.73 Å². The molecule has 1 aromatic rings. The monoisotopic (exact) mass is 209 g/mol. The van der Waals surface area contributed by atoms with Gasteiger partial charge in [-0.05, 0) is 19.8 Å². The first kappa shape index (κ1) is 11.9. The van der Waals surface area contributed by atoms with Gasteiger partial charge in [0.2, 0.25) is 0 Å². The number of nitrogens with zero attached hydrogens (tertiary/aromatic N) is 2. The average Bonchev–Trinajstić information content (AvgIpc) is 2.11. The molecule has 1 atom stereocenters. The summed E-state index contributed by atoms with van der Waals surface area (Å²) in [6.45, 7) is 8.70. The first-order chi connectivity index (χ1) is 7.04. The lowest BCUT2D eigenvalue weighted by molar-refractivity contribution is 0.0232. The maximum Gasteiger partial charge on any atom is 0.159 e. The fraction of sp³-hybridized carbons (Fsp3) is 0.636. The zero-order valence-electron chi connectivity index (χ0n) is 9.82. The van der Waals surface area contributed by atoms with Gasteiger partial charge in [0.05, 0.1) is 0 Å². The van der Waals surface area contributed by atoms with Crippen molar-refractivity contribution in [1.82, 2.24) is 9.97 Å². The summed E-state index contributed by atoms with van der Waals surface area (Å²) < 4.78 is 5.62. The predicted octanol–water partition coefficient (Wildman–Crippen LogP) is 2.10. The molecule has 0 saturated heterocycles. The van der Waals surface area contributed by atoms with E-state index in [1.54, 1.807) is 6.07 Å². The molecule has 0 aliphatic heterocycles. The molecule has 0 aromatic carbocycles. The lowest BCUT2D eigenvalue weighted by Gasteiger charge is -2.19. The summed E-state index contributed by atoms with van der Waals surface area (Å²) in [4.78, 5) is 8.57. The molecule has 0 radical (unpaired) electrons. The Morgan fingerprint density at radius 2 is 2.07 bits per heavy atom. The van der Waals surface area contributed by atoms with Crippen molar-refractivity contribution in [3.63, 3.8) is 0 Å². The summed E-state index contributed by atoms with van der Waals surface area (Å²) in [7, 11) is 0. The summed E-state index contributed by atoms with van der Waals surface area (Å²) in [5.41, 5.74) is 6.56. The number of rotatable bonds is 4. The third-order valence-corrected chi connectivity index (χ3v) is 2.10. The van der Waals surface area contributed by atoms with Crippen LogP contribution >= 0.6 is 0 Å². The van der Waals surface area contributed by atoms with E-state index in [0.717, 1.165) is 5.69 Å². The summed E-state index contributed by atoms with van der Waals surface area (Å²) in [5.74, 6) is 1.53. The second-order valence-electron chi connectivity index (χ2n) is 3.91. The topological polar surface area (TPSA) is 61.0 Å². The Labute approximate surface area is 90.9 Å². The molecule has 0 bridgehead atoms. The molecule has 1 aromatic heterocycles. The smallest absolute Gasteiger partial charge is 0.159 e. The highest BCUT2D eigenvalue weighted by Gasteiger charge is 2.19. The van der Waals surface area contributed by atoms with Crippen LogP contribution in [0.15, 0.2) is 6.07 Å². The summed E-state index contributed by atoms with van der Waals surface area (Å²) in [5, 5.41) is 0. The number of nitrogen functional groups attached to an aromatic ring is 1. The van der Waals surface area contributed by atoms with E-state index in [4.69, 9.17) is 10.5 Å². The highest BCUT2D eigenvalue weighted by Crippen LogP contribution is 2.23. The quantitative estimate of drug-likeness (QED) is 0.825. The SMILES string of the molecule is CCOC(c1nc(C)cc(N)n1)C(C)C. The highest BCUT2D eigenvalue weighted by molar-refractivity contribution is 5.29. The van der Waals surface area contributed by atoms with Crippen LogP contribution in [-0.4, -0.2) is 16.6 Å². The minimum absolute atomic E-state index is 0.0720. The van der Waals surface area contributed by atoms with Crippen LogP contribution in [0.5, 0.6) is 0 Å². The van der Waals surface area contributed by atoms with E-state index in [0.29, 0.717) is 24.2 Å². The maximum absolute atomic E-state index is 5.69. The summed E-state index contributed by atoms with van der Waals surface area (Å²) in [6, 6.07) is 1.76. The molecular weight excluding hydrogens is 190 g/mol. The lowest BCUT2D eigenvalue weighted by Crippen LogP contribution is -2.15. The van der Waals surface area contributed by atoms with Gasteiger partial charge in [-0.1, -0.05) is 13.8 Å². The van der Waals surface area contributed by atoms with Gasteiger partial charge in [-0.2, -0.15) is 0 Å². The van der Waals surface area contributed by atoms with Gasteiger partial charge in [0.1, 0.15) is 11.9 Å². The van der Waals surface area contributed by atoms with Crippen LogP contribution in [0.2, 0.25) is 0 Å². The van der Waals surface area contributed by atoms with Crippen molar-refractivity contribution >= 4 is 5.82 Å². The van der Waals surface area contributed by atoms with Gasteiger partial charge in [-0.15, -0.1) is 0 Å². The van der Waals surface area contributed by atoms with E-state index >= 15 is 0 Å². The van der Waals surface area contributed by atoms with Crippen LogP contribution in [-0.2, 0) is 4.74 Å². The Balaban J connectivity index is 2.99. The molecule has 0 amide bonds. The van der Waals surface area contributed by atoms with E-state index in [1.165, 1.54) is 0 Å². The largest absolute Gasteiger partial charge is 0.384 e. The molecule has 0 spiro atoms. The molecule has 4 heteroatoms. The third kappa shape index (κ3) is 3.16. The molecule has 15 heavy (non-hydrogen) atoms. The molecule has 2 N–H and O–H groups in total. The molecular formula is C11H19N3O. The van der Waals surface area contributed by atoms with Gasteiger partial charge in [0, 0.05) is 18.4 Å². The normalized spacial score (nSPS) is 13.1. The average molecular weight is 209 g/mol. The Hall–Kier alpha value is -1.16. The summed E-state index contributed by atoms with van der Waals surface area (Å²) in [6.07, 6.45) is -0.0720. The van der Waals surface area contributed by atoms with Crippen LogP contribution in [0, 0.1) is 12.8 Å². The lowest BCUT2D eigenvalue weighted by atomic mass is 10.1. The number of ether oxygens (including phenoxy) is 1. The molecule has 1 heterocycles. The minimum Gasteiger partial charge on any atom is -0.384 e. The zero-order chi connectivity index (χ0) is 11.4. The fourth-order valence-electron chi connectivity index (χ4n) is 1.49. The molecule has 0 saturated carbocycles. The number of nitrogens with two attached hydrogens (primary N) is 1. The third-order valence-electron chi connectivity index (χ3n) is 2.10. The van der Waals surface area contributed by atoms with Crippen molar-refractivity contribution in [2.75, 3.05) is 12.3 Å². The molecule has 0 aliphatic carbocycles. The number of hydrogen-bond donors (Lipinski definition) is 1. The Morgan fingerprint density at radius 1 is 1.40 bits per heavy atom. The van der Waals surface area contributed by atoms with Gasteiger partial charge in [0.25, 0.3) is 0 Å². The van der Waals surface area contributed by atoms with E-state index in [2.05, 4.69) is 23.8 Å². The molecule has 1 rings (SSSR count). The van der Waals surface area contributed by atoms with Gasteiger partial charge in [0.15, 0.2) is 5.82 Å². The Kier molecular flexibility index (Phi) is 4.03. The van der Waals surface area contributed by atoms with Crippen LogP contribution in [0.3, 0.4) is 0 Å². The van der Waals surface area contributed by atoms with Crippen LogP contribution in [0.1, 0.15) is 38.4 Å². The first-order valence-electron chi connectivity index (χ1n) is 5.27. The number of hydrogen-bond acceptors (Lipinski definition) is 4. The van der Waals surface area contributed by atoms with Crippen molar-refractivity contribution in [3.05, 3.63) is 17.6 Å². The van der Waals surface area contributed by atoms with Crippen LogP contribution in [0.25, 0.3) is 0 Å². The first-order valence-corrected chi connectivity index (χ1v) is 5.27. The number of aryl methyl sites for hydroxylation is 1. The predicted molar refractivity (Wildman–Crippen MR) is 60.4 cm³/mol. The maximum atomic E-state index is 5.69. The second kappa shape index (κ2) is 5.07. The van der Waals surface area contributed by atoms with Crippen LogP contribution in [0.4, 0.5) is 5.82 Å². The van der Waals surface area contributed by atoms with Gasteiger partial charge < -0.3 is 10.5 Å². The van der Waals surface area contributed by atoms with E-state index < -0.39 is 0 Å². The van der Waals surface area contributed by atoms with Crippen molar-refractivity contribution in [3.8, 4) is 0 Å². The molecule has 0 aliphatic rings. The highest BCUT2D eigenvalue weighted by atomic mass is 16.5. The van der Waals surface area contributed by atoms with Crippen molar-refractivity contribution in [1.29, 1.82) is 0 Å². The Morgan fingerprint density at radius 3 is 2.53 bits per heavy atom. The zero-order valence-corrected chi connectivity index (χ0v) is 9.82. The fourth-order valence-corrected chi connectivity index (χ4v) is 1.49. The Bertz CT molecular complexity index is 305. The van der Waals surface area contributed by atoms with E-state index in [1.807, 2.05) is 13.8 Å². The van der Waals surface area contributed by atoms with Gasteiger partial charge in [-0.3, -0.25) is 0 Å². The minimum atomic E-state index is -0.0720. The molecule has 4 nitrogen and oxygen atoms in total. The second-order valence-corrected chi connectivity index (χ2v) is 3.91. The van der Waals surface area contributed by atoms with Crippen molar-refractivity contribution < 1.29 is 4.74 Å². The molecule has 84 valence electrons. The number of aromatic nitrogens is 2.